The lowest BCUT2D eigenvalue weighted by Gasteiger charge is -2.14. The van der Waals surface area contributed by atoms with Gasteiger partial charge in [0.05, 0.1) is 16.6 Å². The smallest absolute Gasteiger partial charge is 0.312 e. The second kappa shape index (κ2) is 7.88. The van der Waals surface area contributed by atoms with Gasteiger partial charge in [-0.05, 0) is 29.8 Å². The topological polar surface area (TPSA) is 105 Å². The maximum Gasteiger partial charge on any atom is 0.312 e. The second-order valence-electron chi connectivity index (χ2n) is 5.39. The molecular formula is C17H16N2O5S2. The third-order valence-corrected chi connectivity index (χ3v) is 6.85. The van der Waals surface area contributed by atoms with Crippen molar-refractivity contribution < 1.29 is 19.2 Å². The van der Waals surface area contributed by atoms with Crippen LogP contribution >= 0.6 is 23.5 Å². The number of methoxy groups -OCH3 is 1. The van der Waals surface area contributed by atoms with E-state index in [1.165, 1.54) is 19.2 Å². The third kappa shape index (κ3) is 3.88. The maximum atomic E-state index is 11.3. The van der Waals surface area contributed by atoms with E-state index >= 15 is 0 Å². The Morgan fingerprint density at radius 1 is 1.15 bits per heavy atom. The first kappa shape index (κ1) is 18.4. The van der Waals surface area contributed by atoms with Crippen LogP contribution in [-0.2, 0) is 0 Å². The van der Waals surface area contributed by atoms with Gasteiger partial charge in [0.2, 0.25) is 11.7 Å². The fraction of sp³-hybridized carbons (Fsp3) is 0.235. The summed E-state index contributed by atoms with van der Waals surface area (Å²) in [7, 11) is 1.52. The summed E-state index contributed by atoms with van der Waals surface area (Å²) in [5, 5.41) is 11.3. The molecule has 1 amide bonds. The molecule has 2 N–H and O–H groups in total. The van der Waals surface area contributed by atoms with Crippen LogP contribution in [0.5, 0.6) is 17.2 Å². The molecule has 0 aliphatic carbocycles. The van der Waals surface area contributed by atoms with Crippen LogP contribution in [0.1, 0.15) is 20.5 Å². The lowest BCUT2D eigenvalue weighted by atomic mass is 10.1. The molecule has 0 unspecified atom stereocenters. The standard InChI is InChI=1S/C17H16N2O5S2/c1-23-15-9-11(17-25-6-7-26-17)3-5-14(15)24-13-4-2-10(16(18)20)8-12(13)19(21)22/h2-5,8-9,17H,6-7H2,1H3,(H2,18,20). The number of rotatable bonds is 6. The van der Waals surface area contributed by atoms with Crippen molar-refractivity contribution in [2.75, 3.05) is 18.6 Å². The number of nitrogens with two attached hydrogens (primary N) is 1. The van der Waals surface area contributed by atoms with Gasteiger partial charge in [0.1, 0.15) is 0 Å². The van der Waals surface area contributed by atoms with Gasteiger partial charge in [-0.1, -0.05) is 6.07 Å². The molecular weight excluding hydrogens is 376 g/mol. The SMILES string of the molecule is COc1cc(C2SCCS2)ccc1Oc1ccc(C(N)=O)cc1[N+](=O)[O-]. The number of amides is 1. The Labute approximate surface area is 158 Å². The molecule has 3 rings (SSSR count). The summed E-state index contributed by atoms with van der Waals surface area (Å²) in [5.74, 6) is 2.33. The molecule has 26 heavy (non-hydrogen) atoms. The predicted molar refractivity (Wildman–Crippen MR) is 102 cm³/mol. The number of primary amides is 1. The highest BCUT2D eigenvalue weighted by Crippen LogP contribution is 2.47. The number of ether oxygens (including phenoxy) is 2. The average molecular weight is 392 g/mol. The number of benzene rings is 2. The number of hydrogen-bond acceptors (Lipinski definition) is 7. The van der Waals surface area contributed by atoms with Gasteiger partial charge in [-0.15, -0.1) is 23.5 Å². The molecule has 0 spiro atoms. The van der Waals surface area contributed by atoms with E-state index in [-0.39, 0.29) is 17.0 Å². The van der Waals surface area contributed by atoms with Gasteiger partial charge in [-0.25, -0.2) is 0 Å². The monoisotopic (exact) mass is 392 g/mol. The van der Waals surface area contributed by atoms with Crippen LogP contribution in [0.2, 0.25) is 0 Å². The number of nitrogens with zero attached hydrogens (tertiary/aromatic N) is 1. The maximum absolute atomic E-state index is 11.3. The lowest BCUT2D eigenvalue weighted by Crippen LogP contribution is -2.11. The molecule has 1 aliphatic rings. The van der Waals surface area contributed by atoms with Crippen molar-refractivity contribution in [1.29, 1.82) is 0 Å². The Balaban J connectivity index is 1.93. The number of thioether (sulfide) groups is 2. The summed E-state index contributed by atoms with van der Waals surface area (Å²) >= 11 is 3.74. The largest absolute Gasteiger partial charge is 0.493 e. The van der Waals surface area contributed by atoms with Crippen LogP contribution in [0, 0.1) is 10.1 Å². The Morgan fingerprint density at radius 3 is 2.46 bits per heavy atom. The fourth-order valence-corrected chi connectivity index (χ4v) is 5.32. The van der Waals surface area contributed by atoms with Crippen molar-refractivity contribution >= 4 is 35.1 Å². The van der Waals surface area contributed by atoms with Crippen molar-refractivity contribution in [3.63, 3.8) is 0 Å². The zero-order valence-electron chi connectivity index (χ0n) is 13.8. The third-order valence-electron chi connectivity index (χ3n) is 3.74. The van der Waals surface area contributed by atoms with E-state index in [4.69, 9.17) is 15.2 Å². The molecule has 0 atom stereocenters. The quantitative estimate of drug-likeness (QED) is 0.586. The van der Waals surface area contributed by atoms with Gasteiger partial charge in [-0.3, -0.25) is 14.9 Å². The van der Waals surface area contributed by atoms with Crippen LogP contribution in [0.3, 0.4) is 0 Å². The fourth-order valence-electron chi connectivity index (χ4n) is 2.48. The zero-order valence-corrected chi connectivity index (χ0v) is 15.5. The zero-order chi connectivity index (χ0) is 18.7. The number of hydrogen-bond donors (Lipinski definition) is 1. The van der Waals surface area contributed by atoms with Crippen LogP contribution < -0.4 is 15.2 Å². The van der Waals surface area contributed by atoms with E-state index in [0.29, 0.717) is 16.1 Å². The van der Waals surface area contributed by atoms with Crippen LogP contribution in [0.15, 0.2) is 36.4 Å². The molecule has 136 valence electrons. The summed E-state index contributed by atoms with van der Waals surface area (Å²) in [4.78, 5) is 21.9. The molecule has 0 aromatic heterocycles. The molecule has 2 aromatic carbocycles. The number of nitro groups is 1. The molecule has 1 heterocycles. The highest BCUT2D eigenvalue weighted by Gasteiger charge is 2.22. The van der Waals surface area contributed by atoms with Gasteiger partial charge in [-0.2, -0.15) is 0 Å². The van der Waals surface area contributed by atoms with Crippen molar-refractivity contribution in [3.8, 4) is 17.2 Å². The second-order valence-corrected chi connectivity index (χ2v) is 8.11. The molecule has 0 radical (unpaired) electrons. The summed E-state index contributed by atoms with van der Waals surface area (Å²) in [6.45, 7) is 0. The molecule has 1 aliphatic heterocycles. The molecule has 9 heteroatoms. The van der Waals surface area contributed by atoms with E-state index in [1.807, 2.05) is 35.7 Å². The van der Waals surface area contributed by atoms with Crippen molar-refractivity contribution in [1.82, 2.24) is 0 Å². The van der Waals surface area contributed by atoms with Gasteiger partial charge in [0.15, 0.2) is 11.5 Å². The summed E-state index contributed by atoms with van der Waals surface area (Å²) in [5.41, 5.74) is 6.00. The molecule has 2 aromatic rings. The Hall–Kier alpha value is -2.39. The Kier molecular flexibility index (Phi) is 5.58. The molecule has 0 bridgehead atoms. The predicted octanol–water partition coefficient (Wildman–Crippen LogP) is 3.97. The van der Waals surface area contributed by atoms with E-state index in [2.05, 4.69) is 0 Å². The van der Waals surface area contributed by atoms with Crippen LogP contribution in [0.4, 0.5) is 5.69 Å². The van der Waals surface area contributed by atoms with Gasteiger partial charge in [0.25, 0.3) is 0 Å². The summed E-state index contributed by atoms with van der Waals surface area (Å²) < 4.78 is 11.5. The van der Waals surface area contributed by atoms with Gasteiger partial charge >= 0.3 is 5.69 Å². The number of carbonyl (C=O) groups excluding carboxylic acids is 1. The molecule has 0 saturated carbocycles. The summed E-state index contributed by atoms with van der Waals surface area (Å²) in [6, 6.07) is 9.39. The van der Waals surface area contributed by atoms with E-state index in [1.54, 1.807) is 6.07 Å². The van der Waals surface area contributed by atoms with E-state index in [0.717, 1.165) is 23.1 Å². The van der Waals surface area contributed by atoms with E-state index in [9.17, 15) is 14.9 Å². The lowest BCUT2D eigenvalue weighted by molar-refractivity contribution is -0.385. The molecule has 1 fully saturated rings. The highest BCUT2D eigenvalue weighted by molar-refractivity contribution is 8.19. The minimum Gasteiger partial charge on any atom is -0.493 e. The first-order valence-electron chi connectivity index (χ1n) is 7.67. The van der Waals surface area contributed by atoms with Gasteiger partial charge in [0, 0.05) is 23.1 Å². The minimum absolute atomic E-state index is 0.00988. The Bertz CT molecular complexity index is 853. The first-order valence-corrected chi connectivity index (χ1v) is 9.76. The van der Waals surface area contributed by atoms with E-state index < -0.39 is 10.8 Å². The van der Waals surface area contributed by atoms with Gasteiger partial charge < -0.3 is 15.2 Å². The summed E-state index contributed by atoms with van der Waals surface area (Å²) in [6.07, 6.45) is 0. The Morgan fingerprint density at radius 2 is 1.85 bits per heavy atom. The number of carbonyl (C=O) groups is 1. The van der Waals surface area contributed by atoms with Crippen molar-refractivity contribution in [2.24, 2.45) is 5.73 Å². The average Bonchev–Trinajstić information content (AvgIpc) is 3.16. The van der Waals surface area contributed by atoms with Crippen LogP contribution in [-0.4, -0.2) is 29.4 Å². The minimum atomic E-state index is -0.742. The molecule has 1 saturated heterocycles. The van der Waals surface area contributed by atoms with Crippen molar-refractivity contribution in [3.05, 3.63) is 57.6 Å². The normalized spacial score (nSPS) is 14.2. The van der Waals surface area contributed by atoms with Crippen molar-refractivity contribution in [2.45, 2.75) is 4.58 Å². The first-order chi connectivity index (χ1) is 12.5. The molecule has 7 nitrogen and oxygen atoms in total. The highest BCUT2D eigenvalue weighted by atomic mass is 32.2. The van der Waals surface area contributed by atoms with Crippen LogP contribution in [0.25, 0.3) is 0 Å². The number of nitro benzene ring substituents is 1.